The Hall–Kier alpha value is -5.08. The predicted octanol–water partition coefficient (Wildman–Crippen LogP) is 7.62. The van der Waals surface area contributed by atoms with Gasteiger partial charge in [0.15, 0.2) is 5.82 Å². The number of hydrogen-bond donors (Lipinski definition) is 0. The SMILES string of the molecule is CN1CCC[C@H]1COc1nc(OCc2ccccc2)c2cnc(-c3cc(OCc4ccccc4)cc4ccccc34)c(F)c2n1. The number of hydrogen-bond acceptors (Lipinski definition) is 7. The minimum atomic E-state index is -0.576. The summed E-state index contributed by atoms with van der Waals surface area (Å²) in [6.07, 6.45) is 3.72. The summed E-state index contributed by atoms with van der Waals surface area (Å²) in [5.74, 6) is 0.266. The number of nitrogens with zero attached hydrogens (tertiary/aromatic N) is 4. The van der Waals surface area contributed by atoms with Crippen molar-refractivity contribution in [3.8, 4) is 28.9 Å². The van der Waals surface area contributed by atoms with Crippen molar-refractivity contribution in [3.63, 3.8) is 0 Å². The molecule has 226 valence electrons. The van der Waals surface area contributed by atoms with Crippen LogP contribution in [0.2, 0.25) is 0 Å². The Morgan fingerprint density at radius 2 is 1.51 bits per heavy atom. The lowest BCUT2D eigenvalue weighted by Crippen LogP contribution is -2.30. The van der Waals surface area contributed by atoms with Crippen LogP contribution in [0.4, 0.5) is 4.39 Å². The van der Waals surface area contributed by atoms with Gasteiger partial charge in [0.2, 0.25) is 5.88 Å². The normalized spacial score (nSPS) is 15.0. The summed E-state index contributed by atoms with van der Waals surface area (Å²) in [5.41, 5.74) is 2.86. The number of rotatable bonds is 10. The van der Waals surface area contributed by atoms with Crippen LogP contribution in [0.5, 0.6) is 17.6 Å². The van der Waals surface area contributed by atoms with E-state index >= 15 is 4.39 Å². The van der Waals surface area contributed by atoms with E-state index < -0.39 is 5.82 Å². The maximum Gasteiger partial charge on any atom is 0.320 e. The second-order valence-corrected chi connectivity index (χ2v) is 11.3. The molecule has 1 aliphatic heterocycles. The Labute approximate surface area is 261 Å². The molecule has 0 spiro atoms. The van der Waals surface area contributed by atoms with Gasteiger partial charge in [-0.15, -0.1) is 0 Å². The third-order valence-electron chi connectivity index (χ3n) is 8.26. The maximum atomic E-state index is 16.7. The van der Waals surface area contributed by atoms with E-state index in [0.717, 1.165) is 41.3 Å². The number of halogens is 1. The average molecular weight is 601 g/mol. The van der Waals surface area contributed by atoms with Crippen LogP contribution in [0.3, 0.4) is 0 Å². The van der Waals surface area contributed by atoms with E-state index in [0.29, 0.717) is 29.9 Å². The molecule has 0 N–H and O–H groups in total. The molecule has 8 heteroatoms. The van der Waals surface area contributed by atoms with Crippen LogP contribution >= 0.6 is 0 Å². The highest BCUT2D eigenvalue weighted by atomic mass is 19.1. The zero-order chi connectivity index (χ0) is 30.6. The monoisotopic (exact) mass is 600 g/mol. The Bertz CT molecular complexity index is 1940. The summed E-state index contributed by atoms with van der Waals surface area (Å²) in [4.78, 5) is 16.0. The minimum absolute atomic E-state index is 0.0757. The summed E-state index contributed by atoms with van der Waals surface area (Å²) in [5, 5.41) is 2.14. The molecule has 4 aromatic carbocycles. The molecule has 45 heavy (non-hydrogen) atoms. The molecule has 6 aromatic rings. The van der Waals surface area contributed by atoms with E-state index in [4.69, 9.17) is 14.2 Å². The molecular formula is C37H33FN4O3. The van der Waals surface area contributed by atoms with Crippen LogP contribution in [0.15, 0.2) is 103 Å². The van der Waals surface area contributed by atoms with Crippen LogP contribution < -0.4 is 14.2 Å². The van der Waals surface area contributed by atoms with Gasteiger partial charge in [-0.1, -0.05) is 84.9 Å². The van der Waals surface area contributed by atoms with E-state index in [1.165, 1.54) is 0 Å². The lowest BCUT2D eigenvalue weighted by molar-refractivity contribution is 0.185. The van der Waals surface area contributed by atoms with Crippen LogP contribution in [0.1, 0.15) is 24.0 Å². The third-order valence-corrected chi connectivity index (χ3v) is 8.26. The first-order valence-corrected chi connectivity index (χ1v) is 15.2. The first kappa shape index (κ1) is 28.7. The maximum absolute atomic E-state index is 16.7. The molecule has 0 radical (unpaired) electrons. The van der Waals surface area contributed by atoms with Gasteiger partial charge in [0, 0.05) is 17.8 Å². The molecule has 3 heterocycles. The molecule has 0 saturated carbocycles. The van der Waals surface area contributed by atoms with Crippen molar-refractivity contribution >= 4 is 21.7 Å². The summed E-state index contributed by atoms with van der Waals surface area (Å²) < 4.78 is 35.1. The van der Waals surface area contributed by atoms with Gasteiger partial charge < -0.3 is 19.1 Å². The number of fused-ring (bicyclic) bond motifs is 2. The fourth-order valence-electron chi connectivity index (χ4n) is 5.76. The zero-order valence-electron chi connectivity index (χ0n) is 25.0. The average Bonchev–Trinajstić information content (AvgIpc) is 3.50. The van der Waals surface area contributed by atoms with Crippen LogP contribution in [-0.4, -0.2) is 46.1 Å². The van der Waals surface area contributed by atoms with Crippen LogP contribution in [-0.2, 0) is 13.2 Å². The lowest BCUT2D eigenvalue weighted by atomic mass is 10.00. The quantitative estimate of drug-likeness (QED) is 0.160. The number of benzene rings is 4. The number of aromatic nitrogens is 3. The predicted molar refractivity (Wildman–Crippen MR) is 173 cm³/mol. The molecule has 1 fully saturated rings. The molecule has 0 bridgehead atoms. The third kappa shape index (κ3) is 6.28. The molecule has 0 amide bonds. The van der Waals surface area contributed by atoms with Gasteiger partial charge >= 0.3 is 6.01 Å². The van der Waals surface area contributed by atoms with Crippen molar-refractivity contribution in [2.24, 2.45) is 0 Å². The summed E-state index contributed by atoms with van der Waals surface area (Å²) >= 11 is 0. The van der Waals surface area contributed by atoms with Gasteiger partial charge in [-0.25, -0.2) is 4.39 Å². The first-order chi connectivity index (χ1) is 22.1. The fourth-order valence-corrected chi connectivity index (χ4v) is 5.76. The van der Waals surface area contributed by atoms with E-state index in [2.05, 4.69) is 26.9 Å². The van der Waals surface area contributed by atoms with Gasteiger partial charge in [0.1, 0.15) is 36.8 Å². The highest BCUT2D eigenvalue weighted by Gasteiger charge is 2.24. The highest BCUT2D eigenvalue weighted by Crippen LogP contribution is 2.37. The zero-order valence-corrected chi connectivity index (χ0v) is 25.0. The van der Waals surface area contributed by atoms with Gasteiger partial charge in [-0.2, -0.15) is 9.97 Å². The molecule has 0 unspecified atom stereocenters. The smallest absolute Gasteiger partial charge is 0.320 e. The molecule has 7 rings (SSSR count). The minimum Gasteiger partial charge on any atom is -0.489 e. The van der Waals surface area contributed by atoms with Gasteiger partial charge in [0.25, 0.3) is 0 Å². The highest BCUT2D eigenvalue weighted by molar-refractivity contribution is 5.99. The largest absolute Gasteiger partial charge is 0.489 e. The van der Waals surface area contributed by atoms with Crippen molar-refractivity contribution in [1.82, 2.24) is 19.9 Å². The molecular weight excluding hydrogens is 567 g/mol. The van der Waals surface area contributed by atoms with Crippen molar-refractivity contribution in [2.75, 3.05) is 20.2 Å². The van der Waals surface area contributed by atoms with Crippen molar-refractivity contribution in [1.29, 1.82) is 0 Å². The fraction of sp³-hybridized carbons (Fsp3) is 0.216. The van der Waals surface area contributed by atoms with E-state index in [-0.39, 0.29) is 35.7 Å². The summed E-state index contributed by atoms with van der Waals surface area (Å²) in [6.45, 7) is 2.07. The Morgan fingerprint density at radius 1 is 0.800 bits per heavy atom. The van der Waals surface area contributed by atoms with Crippen LogP contribution in [0.25, 0.3) is 32.9 Å². The topological polar surface area (TPSA) is 69.6 Å². The van der Waals surface area contributed by atoms with Gasteiger partial charge in [-0.05, 0) is 60.5 Å². The Morgan fingerprint density at radius 3 is 2.24 bits per heavy atom. The summed E-state index contributed by atoms with van der Waals surface area (Å²) in [6, 6.07) is 31.6. The van der Waals surface area contributed by atoms with Crippen molar-refractivity contribution < 1.29 is 18.6 Å². The number of likely N-dealkylation sites (N-methyl/N-ethyl adjacent to an activating group) is 1. The van der Waals surface area contributed by atoms with Crippen molar-refractivity contribution in [3.05, 3.63) is 120 Å². The molecule has 2 aromatic heterocycles. The molecule has 1 saturated heterocycles. The van der Waals surface area contributed by atoms with Gasteiger partial charge in [0.05, 0.1) is 5.39 Å². The number of pyridine rings is 1. The first-order valence-electron chi connectivity index (χ1n) is 15.2. The Kier molecular flexibility index (Phi) is 8.21. The van der Waals surface area contributed by atoms with Crippen LogP contribution in [0, 0.1) is 5.82 Å². The standard InChI is InChI=1S/C37H33FN4O3/c1-42-18-10-16-28(42)24-45-37-40-35-32(36(41-37)44-23-26-13-6-3-7-14-26)21-39-34(33(35)38)31-20-29(19-27-15-8-9-17-30(27)31)43-22-25-11-4-2-5-12-25/h2-9,11-15,17,19-21,28H,10,16,18,22-24H2,1H3/t28-/m0/s1. The Balaban J connectivity index is 1.29. The lowest BCUT2D eigenvalue weighted by Gasteiger charge is -2.19. The number of likely N-dealkylation sites (tertiary alicyclic amines) is 1. The summed E-state index contributed by atoms with van der Waals surface area (Å²) in [7, 11) is 2.08. The second kappa shape index (κ2) is 12.9. The van der Waals surface area contributed by atoms with E-state index in [9.17, 15) is 0 Å². The number of ether oxygens (including phenoxy) is 3. The van der Waals surface area contributed by atoms with Crippen molar-refractivity contribution in [2.45, 2.75) is 32.1 Å². The van der Waals surface area contributed by atoms with E-state index in [1.54, 1.807) is 6.20 Å². The second-order valence-electron chi connectivity index (χ2n) is 11.3. The van der Waals surface area contributed by atoms with E-state index in [1.807, 2.05) is 97.1 Å². The molecule has 1 aliphatic rings. The molecule has 1 atom stereocenters. The molecule has 0 aliphatic carbocycles. The van der Waals surface area contributed by atoms with Gasteiger partial charge in [-0.3, -0.25) is 4.98 Å². The molecule has 7 nitrogen and oxygen atoms in total.